The van der Waals surface area contributed by atoms with Crippen molar-refractivity contribution in [1.29, 1.82) is 0 Å². The predicted octanol–water partition coefficient (Wildman–Crippen LogP) is 1.85. The monoisotopic (exact) mass is 491 g/mol. The van der Waals surface area contributed by atoms with Crippen LogP contribution in [0.4, 0.5) is 4.79 Å². The number of likely N-dealkylation sites (N-methyl/N-ethyl adjacent to an activating group) is 1. The Morgan fingerprint density at radius 1 is 1.03 bits per heavy atom. The van der Waals surface area contributed by atoms with Crippen LogP contribution in [0.25, 0.3) is 0 Å². The Labute approximate surface area is 211 Å². The summed E-state index contributed by atoms with van der Waals surface area (Å²) in [6, 6.07) is 18.4. The van der Waals surface area contributed by atoms with E-state index in [-0.39, 0.29) is 37.0 Å². The third kappa shape index (κ3) is 5.08. The number of nitrogens with one attached hydrogen (secondary N) is 1. The Morgan fingerprint density at radius 2 is 1.72 bits per heavy atom. The van der Waals surface area contributed by atoms with Crippen molar-refractivity contribution >= 4 is 17.8 Å². The second kappa shape index (κ2) is 10.7. The minimum absolute atomic E-state index is 0.0183. The summed E-state index contributed by atoms with van der Waals surface area (Å²) < 4.78 is 5.82. The Kier molecular flexibility index (Phi) is 7.20. The average molecular weight is 492 g/mol. The zero-order valence-corrected chi connectivity index (χ0v) is 20.6. The maximum atomic E-state index is 13.7. The Bertz CT molecular complexity index is 1080. The average Bonchev–Trinajstić information content (AvgIpc) is 3.39. The summed E-state index contributed by atoms with van der Waals surface area (Å²) in [5.41, 5.74) is 1.96. The fourth-order valence-corrected chi connectivity index (χ4v) is 5.40. The summed E-state index contributed by atoms with van der Waals surface area (Å²) in [6.07, 6.45) is 1.66. The highest BCUT2D eigenvalue weighted by Crippen LogP contribution is 2.28. The number of carbonyl (C=O) groups excluding carboxylic acids is 3. The molecule has 1 N–H and O–H groups in total. The molecule has 4 amide bonds. The molecule has 3 aliphatic rings. The van der Waals surface area contributed by atoms with Crippen LogP contribution in [0.1, 0.15) is 24.0 Å². The molecule has 0 aliphatic carbocycles. The van der Waals surface area contributed by atoms with Gasteiger partial charge in [-0.25, -0.2) is 14.8 Å². The van der Waals surface area contributed by atoms with Crippen molar-refractivity contribution in [2.45, 2.75) is 44.1 Å². The number of hydrogen-bond donors (Lipinski definition) is 1. The summed E-state index contributed by atoms with van der Waals surface area (Å²) in [5.74, 6) is -0.242. The molecule has 2 aromatic carbocycles. The molecule has 3 atom stereocenters. The van der Waals surface area contributed by atoms with Gasteiger partial charge in [-0.15, -0.1) is 0 Å². The van der Waals surface area contributed by atoms with Crippen molar-refractivity contribution in [3.8, 4) is 0 Å². The van der Waals surface area contributed by atoms with Gasteiger partial charge >= 0.3 is 6.03 Å². The molecule has 9 heteroatoms. The van der Waals surface area contributed by atoms with Gasteiger partial charge in [-0.3, -0.25) is 9.59 Å². The maximum Gasteiger partial charge on any atom is 0.334 e. The largest absolute Gasteiger partial charge is 0.376 e. The van der Waals surface area contributed by atoms with Gasteiger partial charge in [0.25, 0.3) is 0 Å². The van der Waals surface area contributed by atoms with Crippen LogP contribution in [0, 0.1) is 0 Å². The highest BCUT2D eigenvalue weighted by Gasteiger charge is 2.51. The van der Waals surface area contributed by atoms with E-state index in [9.17, 15) is 14.4 Å². The molecule has 2 unspecified atom stereocenters. The number of hydrogen-bond acceptors (Lipinski definition) is 5. The lowest BCUT2D eigenvalue weighted by Gasteiger charge is -2.54. The molecule has 3 aliphatic heterocycles. The third-order valence-corrected chi connectivity index (χ3v) is 7.15. The SMILES string of the molecule is CN1CC(=O)N2C(CN(CC3CCCO3)C(=O)[C@@H]2Cc2ccccc2)N1C(=O)NCc1ccccc1. The van der Waals surface area contributed by atoms with E-state index in [4.69, 9.17) is 4.74 Å². The topological polar surface area (TPSA) is 85.4 Å². The summed E-state index contributed by atoms with van der Waals surface area (Å²) in [6.45, 7) is 1.81. The van der Waals surface area contributed by atoms with E-state index in [0.717, 1.165) is 24.0 Å². The van der Waals surface area contributed by atoms with Gasteiger partial charge in [0.05, 0.1) is 19.2 Å². The molecule has 2 aromatic rings. The molecule has 190 valence electrons. The molecule has 0 aromatic heterocycles. The molecule has 0 bridgehead atoms. The van der Waals surface area contributed by atoms with Crippen molar-refractivity contribution in [3.05, 3.63) is 71.8 Å². The summed E-state index contributed by atoms with van der Waals surface area (Å²) in [4.78, 5) is 43.9. The van der Waals surface area contributed by atoms with Crippen LogP contribution in [0.3, 0.4) is 0 Å². The van der Waals surface area contributed by atoms with Crippen molar-refractivity contribution < 1.29 is 19.1 Å². The number of ether oxygens (including phenoxy) is 1. The van der Waals surface area contributed by atoms with Crippen LogP contribution in [-0.2, 0) is 27.3 Å². The van der Waals surface area contributed by atoms with E-state index in [1.165, 1.54) is 0 Å². The van der Waals surface area contributed by atoms with E-state index < -0.39 is 12.2 Å². The van der Waals surface area contributed by atoms with E-state index in [0.29, 0.717) is 26.1 Å². The Balaban J connectivity index is 1.42. The van der Waals surface area contributed by atoms with Crippen LogP contribution in [0.15, 0.2) is 60.7 Å². The lowest BCUT2D eigenvalue weighted by atomic mass is 9.98. The Morgan fingerprint density at radius 3 is 2.39 bits per heavy atom. The molecule has 5 rings (SSSR count). The van der Waals surface area contributed by atoms with Gasteiger partial charge in [-0.1, -0.05) is 60.7 Å². The Hall–Kier alpha value is -3.43. The summed E-state index contributed by atoms with van der Waals surface area (Å²) in [5, 5.41) is 6.24. The number of hydrazine groups is 1. The lowest BCUT2D eigenvalue weighted by molar-refractivity contribution is -0.188. The summed E-state index contributed by atoms with van der Waals surface area (Å²) >= 11 is 0. The summed E-state index contributed by atoms with van der Waals surface area (Å²) in [7, 11) is 1.74. The van der Waals surface area contributed by atoms with Gasteiger partial charge in [0.2, 0.25) is 11.8 Å². The zero-order chi connectivity index (χ0) is 25.1. The minimum atomic E-state index is -0.682. The molecule has 36 heavy (non-hydrogen) atoms. The van der Waals surface area contributed by atoms with Gasteiger partial charge in [0.1, 0.15) is 12.2 Å². The van der Waals surface area contributed by atoms with E-state index in [1.807, 2.05) is 60.7 Å². The predicted molar refractivity (Wildman–Crippen MR) is 133 cm³/mol. The lowest BCUT2D eigenvalue weighted by Crippen LogP contribution is -2.76. The molecule has 0 saturated carbocycles. The standard InChI is InChI=1S/C27H33N5O4/c1-29-19-25(33)31-23(15-20-9-4-2-5-10-20)26(34)30(17-22-13-8-14-36-22)18-24(31)32(29)27(35)28-16-21-11-6-3-7-12-21/h2-7,9-12,22-24H,8,13-19H2,1H3,(H,28,35)/t22?,23-,24?/m0/s1. The number of fused-ring (bicyclic) bond motifs is 1. The number of urea groups is 1. The van der Waals surface area contributed by atoms with E-state index >= 15 is 0 Å². The number of carbonyl (C=O) groups is 3. The fourth-order valence-electron chi connectivity index (χ4n) is 5.40. The fraction of sp³-hybridized carbons (Fsp3) is 0.444. The molecule has 0 radical (unpaired) electrons. The molecule has 3 fully saturated rings. The first-order chi connectivity index (χ1) is 17.5. The van der Waals surface area contributed by atoms with E-state index in [1.54, 1.807) is 26.9 Å². The smallest absolute Gasteiger partial charge is 0.334 e. The first-order valence-electron chi connectivity index (χ1n) is 12.6. The number of piperazine rings is 1. The highest BCUT2D eigenvalue weighted by atomic mass is 16.5. The molecule has 3 saturated heterocycles. The first-order valence-corrected chi connectivity index (χ1v) is 12.6. The van der Waals surface area contributed by atoms with Crippen molar-refractivity contribution in [3.63, 3.8) is 0 Å². The molecule has 0 spiro atoms. The van der Waals surface area contributed by atoms with Crippen molar-refractivity contribution in [2.24, 2.45) is 0 Å². The van der Waals surface area contributed by atoms with Gasteiger partial charge in [0.15, 0.2) is 0 Å². The minimum Gasteiger partial charge on any atom is -0.376 e. The number of nitrogens with zero attached hydrogens (tertiary/aromatic N) is 4. The first kappa shape index (κ1) is 24.3. The van der Waals surface area contributed by atoms with Gasteiger partial charge in [-0.2, -0.15) is 0 Å². The number of amides is 4. The molecule has 3 heterocycles. The van der Waals surface area contributed by atoms with Gasteiger partial charge in [0, 0.05) is 33.2 Å². The number of rotatable bonds is 6. The third-order valence-electron chi connectivity index (χ3n) is 7.15. The quantitative estimate of drug-likeness (QED) is 0.667. The highest BCUT2D eigenvalue weighted by molar-refractivity contribution is 5.91. The zero-order valence-electron chi connectivity index (χ0n) is 20.6. The van der Waals surface area contributed by atoms with Crippen molar-refractivity contribution in [1.82, 2.24) is 25.1 Å². The normalized spacial score (nSPS) is 24.7. The van der Waals surface area contributed by atoms with Crippen molar-refractivity contribution in [2.75, 3.05) is 33.3 Å². The number of benzene rings is 2. The molecule has 9 nitrogen and oxygen atoms in total. The van der Waals surface area contributed by atoms with Crippen LogP contribution < -0.4 is 5.32 Å². The van der Waals surface area contributed by atoms with Crippen LogP contribution >= 0.6 is 0 Å². The van der Waals surface area contributed by atoms with Gasteiger partial charge in [-0.05, 0) is 24.0 Å². The van der Waals surface area contributed by atoms with Gasteiger partial charge < -0.3 is 19.9 Å². The maximum absolute atomic E-state index is 13.7. The second-order valence-electron chi connectivity index (χ2n) is 9.67. The molecular weight excluding hydrogens is 458 g/mol. The second-order valence-corrected chi connectivity index (χ2v) is 9.67. The van der Waals surface area contributed by atoms with Crippen LogP contribution in [0.2, 0.25) is 0 Å². The van der Waals surface area contributed by atoms with Crippen LogP contribution in [0.5, 0.6) is 0 Å². The van der Waals surface area contributed by atoms with Crippen LogP contribution in [-0.4, -0.2) is 89.3 Å². The molecular formula is C27H33N5O4. The van der Waals surface area contributed by atoms with E-state index in [2.05, 4.69) is 5.32 Å².